The zero-order chi connectivity index (χ0) is 99.7. The maximum Gasteiger partial charge on any atom is 0.344 e. The Balaban J connectivity index is 0.000000158. The first-order chi connectivity index (χ1) is 67.2. The molecular formula is C115H107Br3O14P5S4+. The Morgan fingerprint density at radius 3 is 0.759 bits per heavy atom. The summed E-state index contributed by atoms with van der Waals surface area (Å²) in [6.07, 6.45) is 4.50. The van der Waals surface area contributed by atoms with E-state index < -0.39 is 84.6 Å². The number of hydrogen-bond donors (Lipinski definition) is 0. The summed E-state index contributed by atoms with van der Waals surface area (Å²) in [4.78, 5) is 11.6. The van der Waals surface area contributed by atoms with Crippen molar-refractivity contribution in [3.63, 3.8) is 0 Å². The van der Waals surface area contributed by atoms with Crippen LogP contribution >= 0.6 is 84.1 Å². The molecule has 0 bridgehead atoms. The first kappa shape index (κ1) is 109. The van der Waals surface area contributed by atoms with Crippen LogP contribution in [0.1, 0.15) is 49.4 Å². The van der Waals surface area contributed by atoms with E-state index >= 15 is 0 Å². The van der Waals surface area contributed by atoms with Crippen molar-refractivity contribution in [1.29, 1.82) is 0 Å². The van der Waals surface area contributed by atoms with Gasteiger partial charge in [0, 0.05) is 0 Å². The first-order valence-electron chi connectivity index (χ1n) is 44.8. The summed E-state index contributed by atoms with van der Waals surface area (Å²) < 4.78 is 145. The molecule has 26 heteroatoms. The number of alkyl halides is 3. The van der Waals surface area contributed by atoms with E-state index in [9.17, 15) is 56.7 Å². The molecule has 0 fully saturated rings. The topological polar surface area (TPSA) is 255 Å². The van der Waals surface area contributed by atoms with Crippen molar-refractivity contribution in [1.82, 2.24) is 0 Å². The highest BCUT2D eigenvalue weighted by atomic mass is 80.0. The van der Waals surface area contributed by atoms with E-state index in [0.717, 1.165) is 84.6 Å². The average molecular weight is 2240 g/mol. The van der Waals surface area contributed by atoms with Crippen molar-refractivity contribution in [3.05, 3.63) is 501 Å². The van der Waals surface area contributed by atoms with Gasteiger partial charge in [-0.1, -0.05) is 299 Å². The number of halogens is 3. The van der Waals surface area contributed by atoms with E-state index in [0.29, 0.717) is 5.30 Å². The van der Waals surface area contributed by atoms with Gasteiger partial charge in [0.25, 0.3) is 1.88 Å². The van der Waals surface area contributed by atoms with Gasteiger partial charge in [-0.05, 0) is 291 Å². The lowest BCUT2D eigenvalue weighted by atomic mass is 10.2. The number of benzene rings is 17. The smallest absolute Gasteiger partial charge is 0.344 e. The third-order valence-corrected chi connectivity index (χ3v) is 53.6. The highest BCUT2D eigenvalue weighted by molar-refractivity contribution is 9.42. The lowest BCUT2D eigenvalue weighted by Gasteiger charge is -2.34. The third-order valence-electron chi connectivity index (χ3n) is 24.1. The molecular weight excluding hydrogens is 2130 g/mol. The summed E-state index contributed by atoms with van der Waals surface area (Å²) in [6, 6.07) is 155. The summed E-state index contributed by atoms with van der Waals surface area (Å²) >= 11 is 11.8. The number of esters is 1. The lowest BCUT2D eigenvalue weighted by Crippen LogP contribution is -2.38. The number of carbonyl (C=O) groups is 1. The highest BCUT2D eigenvalue weighted by Gasteiger charge is 2.60. The fourth-order valence-corrected chi connectivity index (χ4v) is 46.2. The molecule has 0 heterocycles. The Labute approximate surface area is 859 Å². The van der Waals surface area contributed by atoms with Gasteiger partial charge in [-0.15, -0.1) is 0 Å². The molecule has 720 valence electrons. The molecule has 14 nitrogen and oxygen atoms in total. The SMILES string of the molecule is C.CCCC[P+](c1ccccc1)(c1ccccc1)c1cccc(S(=O)(=O)[O-])c1.COC(=O)C[P+](c1ccccc1)(c1ccccc1)c1cccc(S(=O)(=O)[O-])c1.Cc1ccc(C[P+](c2ccccc2)(c2ccccc2)c2cccc(S(=O)(=O)[O-])c2)cc1.Cc1cccc([P+](c2ccccc2)(c2ccccc2)C(Br)(Br)Br)c1.O=S(=O)([O-])c1cccc([P+](Cc2ccccc2)(c2ccccc2)c2ccccc2)c1. The minimum absolute atomic E-state index is 0. The fourth-order valence-electron chi connectivity index (χ4n) is 17.5. The Kier molecular flexibility index (Phi) is 38.4. The maximum absolute atomic E-state index is 12.5. The number of methoxy groups -OCH3 is 1. The van der Waals surface area contributed by atoms with Crippen LogP contribution in [0.2, 0.25) is 0 Å². The number of hydrogen-bond acceptors (Lipinski definition) is 14. The molecule has 0 unspecified atom stereocenters. The van der Waals surface area contributed by atoms with Crippen LogP contribution in [0.5, 0.6) is 0 Å². The minimum Gasteiger partial charge on any atom is -0.744 e. The molecule has 0 saturated carbocycles. The van der Waals surface area contributed by atoms with E-state index in [1.165, 1.54) is 86.7 Å². The van der Waals surface area contributed by atoms with E-state index in [1.54, 1.807) is 42.5 Å². The van der Waals surface area contributed by atoms with Crippen molar-refractivity contribution in [3.8, 4) is 0 Å². The minimum atomic E-state index is -4.63. The Morgan fingerprint density at radius 1 is 0.270 bits per heavy atom. The highest BCUT2D eigenvalue weighted by Crippen LogP contribution is 2.74. The van der Waals surface area contributed by atoms with Gasteiger partial charge in [0.05, 0.1) is 45.2 Å². The monoisotopic (exact) mass is 2230 g/mol. The molecule has 17 rings (SSSR count). The van der Waals surface area contributed by atoms with Crippen LogP contribution < -0.4 is 79.6 Å². The van der Waals surface area contributed by atoms with Gasteiger partial charge < -0.3 is 22.9 Å². The van der Waals surface area contributed by atoms with E-state index in [2.05, 4.69) is 263 Å². The second-order valence-corrected chi connectivity index (χ2v) is 64.7. The normalized spacial score (nSPS) is 11.9. The largest absolute Gasteiger partial charge is 0.744 e. The van der Waals surface area contributed by atoms with Gasteiger partial charge in [0.2, 0.25) is 0 Å². The summed E-state index contributed by atoms with van der Waals surface area (Å²) in [5.74, 6) is -0.406. The molecule has 0 radical (unpaired) electrons. The number of carbonyl (C=O) groups excluding carboxylic acids is 1. The molecule has 0 saturated heterocycles. The molecule has 0 amide bonds. The third kappa shape index (κ3) is 26.4. The quantitative estimate of drug-likeness (QED) is 0.0191. The van der Waals surface area contributed by atoms with Gasteiger partial charge in [0.15, 0.2) is 13.4 Å². The summed E-state index contributed by atoms with van der Waals surface area (Å²) in [5.41, 5.74) is 4.78. The molecule has 0 spiro atoms. The number of unbranched alkanes of at least 4 members (excludes halogenated alkanes) is 1. The standard InChI is InChI=1S/C26H23O3PS.C25H21O3PS.C22H23O3PS.C21H19O5PS.C20H17Br3P.CH4/c1-21-15-17-22(18-16-21)20-30(23-9-4-2-5-10-23,24-11-6-3-7-12-24)25-13-8-14-26(19-25)31(27,28)29;26-30(27,28)25-18-10-17-24(19-25)29(22-13-6-2-7-14-22,23-15-8-3-9-16-23)20-21-11-4-1-5-12-21;1-2-3-17-26(19-11-6-4-7-12-19,20-13-8-5-9-14-20)21-15-10-16-22(18-21)27(23,24)25;1-26-21(22)16-27(17-9-4-2-5-10-17,18-11-6-3-7-12-18)19-13-8-14-20(15-19)28(23,24)25;1-16-9-8-14-19(15-16)24(20(21,22)23,17-10-4-2-5-11-17)18-12-6-3-7-13-18;/h2-19H,20H2,1H3;1-19H,20H2;4-16,18H,2-3,17H2,1H3;2-15H,16H2,1H3;2-15H,1H3;1H4/q;;;;+1;. The van der Waals surface area contributed by atoms with Crippen LogP contribution in [0.4, 0.5) is 0 Å². The number of aryl methyl sites for hydroxylation is 2. The Hall–Kier alpha value is -10.6. The van der Waals surface area contributed by atoms with Gasteiger partial charge in [-0.3, -0.25) is 0 Å². The van der Waals surface area contributed by atoms with Crippen molar-refractivity contribution in [2.75, 3.05) is 19.4 Å². The van der Waals surface area contributed by atoms with Crippen molar-refractivity contribution < 1.29 is 61.4 Å². The lowest BCUT2D eigenvalue weighted by molar-refractivity contribution is -0.137. The van der Waals surface area contributed by atoms with Gasteiger partial charge >= 0.3 is 5.97 Å². The molecule has 0 N–H and O–H groups in total. The summed E-state index contributed by atoms with van der Waals surface area (Å²) in [7, 11) is -28.2. The van der Waals surface area contributed by atoms with Crippen LogP contribution in [-0.2, 0) is 62.3 Å². The average Bonchev–Trinajstić information content (AvgIpc) is 0.592. The second-order valence-electron chi connectivity index (χ2n) is 33.0. The van der Waals surface area contributed by atoms with Crippen molar-refractivity contribution in [2.24, 2.45) is 0 Å². The van der Waals surface area contributed by atoms with Crippen LogP contribution in [0.15, 0.2) is 499 Å². The van der Waals surface area contributed by atoms with Crippen LogP contribution in [0, 0.1) is 13.8 Å². The Bertz CT molecular complexity index is 7230. The zero-order valence-electron chi connectivity index (χ0n) is 77.1. The summed E-state index contributed by atoms with van der Waals surface area (Å²) in [5, 5.41) is 16.0. The molecule has 0 aromatic heterocycles. The fraction of sp³-hybridized carbons (Fsp3) is 0.104. The molecule has 17 aromatic carbocycles. The molecule has 0 aliphatic rings. The van der Waals surface area contributed by atoms with Gasteiger partial charge in [-0.25, -0.2) is 38.5 Å². The molecule has 17 aromatic rings. The molecule has 0 aliphatic heterocycles. The van der Waals surface area contributed by atoms with Gasteiger partial charge in [0.1, 0.15) is 149 Å². The predicted molar refractivity (Wildman–Crippen MR) is 600 cm³/mol. The molecule has 0 atom stereocenters. The Morgan fingerprint density at radius 2 is 0.496 bits per heavy atom. The maximum atomic E-state index is 12.5. The van der Waals surface area contributed by atoms with Crippen molar-refractivity contribution >= 4 is 210 Å². The van der Waals surface area contributed by atoms with E-state index in [-0.39, 0.29) is 33.2 Å². The number of rotatable bonds is 28. The zero-order valence-corrected chi connectivity index (χ0v) is 89.6. The van der Waals surface area contributed by atoms with E-state index in [4.69, 9.17) is 4.74 Å². The van der Waals surface area contributed by atoms with Crippen molar-refractivity contribution in [2.45, 2.75) is 74.8 Å². The summed E-state index contributed by atoms with van der Waals surface area (Å²) in [6.45, 7) is 6.36. The van der Waals surface area contributed by atoms with Crippen LogP contribution in [-0.4, -0.2) is 79.2 Å². The first-order valence-corrected chi connectivity index (χ1v) is 62.5. The second kappa shape index (κ2) is 49.6. The number of ether oxygens (including phenoxy) is 1. The van der Waals surface area contributed by atoms with Crippen LogP contribution in [0.3, 0.4) is 0 Å². The van der Waals surface area contributed by atoms with E-state index in [1.807, 2.05) is 206 Å². The molecule has 0 aliphatic carbocycles. The predicted octanol–water partition coefficient (Wildman–Crippen LogP) is 20.9. The molecule has 141 heavy (non-hydrogen) atoms. The van der Waals surface area contributed by atoms with Crippen LogP contribution in [0.25, 0.3) is 0 Å². The van der Waals surface area contributed by atoms with Gasteiger partial charge in [-0.2, -0.15) is 0 Å².